The third kappa shape index (κ3) is 4.44. The van der Waals surface area contributed by atoms with Gasteiger partial charge in [-0.25, -0.2) is 4.79 Å². The van der Waals surface area contributed by atoms with Gasteiger partial charge < -0.3 is 25.8 Å². The number of hydrogen-bond acceptors (Lipinski definition) is 5. The Labute approximate surface area is 131 Å². The summed E-state index contributed by atoms with van der Waals surface area (Å²) in [5.41, 5.74) is 6.89. The number of aromatic hydroxyl groups is 1. The summed E-state index contributed by atoms with van der Waals surface area (Å²) in [4.78, 5) is 14.0. The molecular weight excluding hydrogens is 282 g/mol. The number of nitrogens with two attached hydrogens (primary N) is 1. The van der Waals surface area contributed by atoms with E-state index in [4.69, 9.17) is 10.5 Å². The summed E-state index contributed by atoms with van der Waals surface area (Å²) in [6.07, 6.45) is 1.48. The standard InChI is InChI=1S/C16H25N3O3/c1-16(2,3)22-15(21)18-11-5-4-8-19(10-11)14-7-6-12(20)9-13(14)17/h6-7,9,11,20H,4-5,8,10,17H2,1-3H3,(H,18,21). The van der Waals surface area contributed by atoms with Crippen LogP contribution in [0.5, 0.6) is 5.75 Å². The van der Waals surface area contributed by atoms with Gasteiger partial charge in [0, 0.05) is 25.2 Å². The van der Waals surface area contributed by atoms with Crippen molar-refractivity contribution >= 4 is 17.5 Å². The van der Waals surface area contributed by atoms with E-state index in [0.29, 0.717) is 12.2 Å². The predicted molar refractivity (Wildman–Crippen MR) is 87.1 cm³/mol. The van der Waals surface area contributed by atoms with Gasteiger partial charge in [0.1, 0.15) is 11.4 Å². The summed E-state index contributed by atoms with van der Waals surface area (Å²) in [6, 6.07) is 4.99. The van der Waals surface area contributed by atoms with Crippen LogP contribution in [-0.2, 0) is 4.74 Å². The van der Waals surface area contributed by atoms with Gasteiger partial charge in [-0.1, -0.05) is 0 Å². The fraction of sp³-hybridized carbons (Fsp3) is 0.562. The zero-order valence-corrected chi connectivity index (χ0v) is 13.4. The summed E-state index contributed by atoms with van der Waals surface area (Å²) in [5.74, 6) is 0.154. The number of rotatable bonds is 2. The Balaban J connectivity index is 1.98. The lowest BCUT2D eigenvalue weighted by atomic mass is 10.0. The molecule has 1 fully saturated rings. The smallest absolute Gasteiger partial charge is 0.407 e. The number of carbonyl (C=O) groups excluding carboxylic acids is 1. The van der Waals surface area contributed by atoms with Gasteiger partial charge in [0.2, 0.25) is 0 Å². The molecule has 6 nitrogen and oxygen atoms in total. The van der Waals surface area contributed by atoms with Crippen LogP contribution in [0.1, 0.15) is 33.6 Å². The van der Waals surface area contributed by atoms with E-state index in [9.17, 15) is 9.90 Å². The normalized spacial score (nSPS) is 18.9. The molecule has 122 valence electrons. The summed E-state index contributed by atoms with van der Waals surface area (Å²) in [5, 5.41) is 12.4. The highest BCUT2D eigenvalue weighted by atomic mass is 16.6. The average molecular weight is 307 g/mol. The fourth-order valence-corrected chi connectivity index (χ4v) is 2.62. The van der Waals surface area contributed by atoms with Gasteiger partial charge in [-0.2, -0.15) is 0 Å². The van der Waals surface area contributed by atoms with Crippen molar-refractivity contribution < 1.29 is 14.6 Å². The van der Waals surface area contributed by atoms with E-state index in [-0.39, 0.29) is 11.8 Å². The maximum atomic E-state index is 11.9. The minimum atomic E-state index is -0.500. The number of benzene rings is 1. The van der Waals surface area contributed by atoms with Gasteiger partial charge in [0.15, 0.2) is 0 Å². The molecule has 2 rings (SSSR count). The quantitative estimate of drug-likeness (QED) is 0.731. The van der Waals surface area contributed by atoms with Crippen LogP contribution in [0.3, 0.4) is 0 Å². The topological polar surface area (TPSA) is 87.8 Å². The Morgan fingerprint density at radius 1 is 1.45 bits per heavy atom. The maximum Gasteiger partial charge on any atom is 0.407 e. The Kier molecular flexibility index (Phi) is 4.68. The van der Waals surface area contributed by atoms with Crippen LogP contribution < -0.4 is 16.0 Å². The number of phenols is 1. The van der Waals surface area contributed by atoms with Crippen LogP contribution in [0.25, 0.3) is 0 Å². The minimum Gasteiger partial charge on any atom is -0.508 e. The molecule has 22 heavy (non-hydrogen) atoms. The van der Waals surface area contributed by atoms with Crippen molar-refractivity contribution in [2.75, 3.05) is 23.7 Å². The van der Waals surface area contributed by atoms with E-state index >= 15 is 0 Å². The molecule has 0 bridgehead atoms. The van der Waals surface area contributed by atoms with Crippen LogP contribution in [-0.4, -0.2) is 35.9 Å². The number of nitrogen functional groups attached to an aromatic ring is 1. The molecule has 0 radical (unpaired) electrons. The lowest BCUT2D eigenvalue weighted by Gasteiger charge is -2.35. The summed E-state index contributed by atoms with van der Waals surface area (Å²) in [7, 11) is 0. The number of carbonyl (C=O) groups is 1. The fourth-order valence-electron chi connectivity index (χ4n) is 2.62. The third-order valence-electron chi connectivity index (χ3n) is 3.49. The van der Waals surface area contributed by atoms with Gasteiger partial charge in [-0.15, -0.1) is 0 Å². The molecular formula is C16H25N3O3. The Morgan fingerprint density at radius 2 is 2.18 bits per heavy atom. The van der Waals surface area contributed by atoms with Crippen molar-refractivity contribution in [3.63, 3.8) is 0 Å². The highest BCUT2D eigenvalue weighted by Gasteiger charge is 2.25. The number of anilines is 2. The van der Waals surface area contributed by atoms with Crippen molar-refractivity contribution in [2.45, 2.75) is 45.3 Å². The van der Waals surface area contributed by atoms with Crippen molar-refractivity contribution in [3.05, 3.63) is 18.2 Å². The molecule has 0 spiro atoms. The summed E-state index contributed by atoms with van der Waals surface area (Å²) in [6.45, 7) is 7.08. The average Bonchev–Trinajstić information content (AvgIpc) is 2.36. The van der Waals surface area contributed by atoms with Gasteiger partial charge in [0.05, 0.1) is 11.4 Å². The first kappa shape index (κ1) is 16.3. The largest absolute Gasteiger partial charge is 0.508 e. The van der Waals surface area contributed by atoms with Crippen LogP contribution in [0.2, 0.25) is 0 Å². The molecule has 0 aliphatic carbocycles. The molecule has 1 aliphatic heterocycles. The SMILES string of the molecule is CC(C)(C)OC(=O)NC1CCCN(c2ccc(O)cc2N)C1. The van der Waals surface area contributed by atoms with Crippen LogP contribution in [0.4, 0.5) is 16.2 Å². The highest BCUT2D eigenvalue weighted by Crippen LogP contribution is 2.29. The van der Waals surface area contributed by atoms with Gasteiger partial charge >= 0.3 is 6.09 Å². The first-order valence-electron chi connectivity index (χ1n) is 7.57. The molecule has 0 aromatic heterocycles. The lowest BCUT2D eigenvalue weighted by Crippen LogP contribution is -2.49. The third-order valence-corrected chi connectivity index (χ3v) is 3.49. The van der Waals surface area contributed by atoms with Crippen molar-refractivity contribution in [2.24, 2.45) is 0 Å². The monoisotopic (exact) mass is 307 g/mol. The van der Waals surface area contributed by atoms with Gasteiger partial charge in [-0.05, 0) is 45.7 Å². The van der Waals surface area contributed by atoms with E-state index in [1.54, 1.807) is 18.2 Å². The van der Waals surface area contributed by atoms with E-state index in [1.165, 1.54) is 0 Å². The molecule has 1 aromatic carbocycles. The van der Waals surface area contributed by atoms with Crippen LogP contribution >= 0.6 is 0 Å². The molecule has 1 atom stereocenters. The number of nitrogens with one attached hydrogen (secondary N) is 1. The first-order valence-corrected chi connectivity index (χ1v) is 7.57. The molecule has 1 unspecified atom stereocenters. The Bertz CT molecular complexity index is 540. The Hall–Kier alpha value is -2.11. The highest BCUT2D eigenvalue weighted by molar-refractivity contribution is 5.70. The zero-order valence-electron chi connectivity index (χ0n) is 13.4. The maximum absolute atomic E-state index is 11.9. The number of piperidine rings is 1. The van der Waals surface area contributed by atoms with E-state index in [2.05, 4.69) is 10.2 Å². The molecule has 6 heteroatoms. The molecule has 1 heterocycles. The Morgan fingerprint density at radius 3 is 2.82 bits per heavy atom. The van der Waals surface area contributed by atoms with Crippen molar-refractivity contribution in [1.82, 2.24) is 5.32 Å². The summed E-state index contributed by atoms with van der Waals surface area (Å²) < 4.78 is 5.29. The molecule has 1 aromatic rings. The van der Waals surface area contributed by atoms with Crippen LogP contribution in [0, 0.1) is 0 Å². The second-order valence-electron chi connectivity index (χ2n) is 6.67. The summed E-state index contributed by atoms with van der Waals surface area (Å²) >= 11 is 0. The zero-order chi connectivity index (χ0) is 16.3. The molecule has 1 amide bonds. The van der Waals surface area contributed by atoms with Gasteiger partial charge in [-0.3, -0.25) is 0 Å². The molecule has 4 N–H and O–H groups in total. The molecule has 0 saturated carbocycles. The first-order chi connectivity index (χ1) is 10.2. The van der Waals surface area contributed by atoms with E-state index in [0.717, 1.165) is 25.1 Å². The molecule has 1 saturated heterocycles. The molecule has 1 aliphatic rings. The number of phenolic OH excluding ortho intramolecular Hbond substituents is 1. The number of amides is 1. The van der Waals surface area contributed by atoms with E-state index in [1.807, 2.05) is 20.8 Å². The number of hydrogen-bond donors (Lipinski definition) is 3. The number of nitrogens with zero attached hydrogens (tertiary/aromatic N) is 1. The number of ether oxygens (including phenoxy) is 1. The van der Waals surface area contributed by atoms with Crippen molar-refractivity contribution in [3.8, 4) is 5.75 Å². The minimum absolute atomic E-state index is 0.0248. The second kappa shape index (κ2) is 6.34. The van der Waals surface area contributed by atoms with Gasteiger partial charge in [0.25, 0.3) is 0 Å². The predicted octanol–water partition coefficient (Wildman–Crippen LogP) is 2.47. The second-order valence-corrected chi connectivity index (χ2v) is 6.67. The number of alkyl carbamates (subject to hydrolysis) is 1. The lowest BCUT2D eigenvalue weighted by molar-refractivity contribution is 0.0500. The van der Waals surface area contributed by atoms with Crippen LogP contribution in [0.15, 0.2) is 18.2 Å². The van der Waals surface area contributed by atoms with E-state index < -0.39 is 11.7 Å². The van der Waals surface area contributed by atoms with Crippen molar-refractivity contribution in [1.29, 1.82) is 0 Å².